The van der Waals surface area contributed by atoms with E-state index in [1.54, 1.807) is 47.8 Å². The highest BCUT2D eigenvalue weighted by Crippen LogP contribution is 2.41. The average Bonchev–Trinajstić information content (AvgIpc) is 3.29. The van der Waals surface area contributed by atoms with Gasteiger partial charge in [0, 0.05) is 12.5 Å². The minimum absolute atomic E-state index is 0.245. The highest BCUT2D eigenvalue weighted by Gasteiger charge is 2.43. The van der Waals surface area contributed by atoms with Gasteiger partial charge in [0.05, 0.1) is 18.0 Å². The van der Waals surface area contributed by atoms with Gasteiger partial charge in [0.1, 0.15) is 5.82 Å². The van der Waals surface area contributed by atoms with Gasteiger partial charge in [0.15, 0.2) is 5.82 Å². The van der Waals surface area contributed by atoms with Crippen LogP contribution in [0.15, 0.2) is 53.4 Å². The summed E-state index contributed by atoms with van der Waals surface area (Å²) >= 11 is 0. The molecule has 4 rings (SSSR count). The summed E-state index contributed by atoms with van der Waals surface area (Å²) in [6, 6.07) is 12.2. The quantitative estimate of drug-likeness (QED) is 0.640. The molecule has 1 saturated heterocycles. The Balaban J connectivity index is 1.74. The van der Waals surface area contributed by atoms with Gasteiger partial charge < -0.3 is 0 Å². The fraction of sp³-hybridized carbons (Fsp3) is 0.350. The van der Waals surface area contributed by atoms with Gasteiger partial charge >= 0.3 is 0 Å². The largest absolute Gasteiger partial charge is 0.243 e. The van der Waals surface area contributed by atoms with Crippen LogP contribution >= 0.6 is 0 Å². The lowest BCUT2D eigenvalue weighted by atomic mass is 10.1. The van der Waals surface area contributed by atoms with Gasteiger partial charge in [-0.25, -0.2) is 12.8 Å². The van der Waals surface area contributed by atoms with Crippen LogP contribution in [-0.4, -0.2) is 39.0 Å². The molecule has 1 aliphatic rings. The van der Waals surface area contributed by atoms with E-state index in [2.05, 4.69) is 15.4 Å². The van der Waals surface area contributed by atoms with Crippen molar-refractivity contribution in [2.24, 2.45) is 7.05 Å². The number of hydrogen-bond donors (Lipinski definition) is 0. The Morgan fingerprint density at radius 1 is 1.07 bits per heavy atom. The van der Waals surface area contributed by atoms with E-state index >= 15 is 0 Å². The topological polar surface area (TPSA) is 81.0 Å². The maximum Gasteiger partial charge on any atom is 0.243 e. The Morgan fingerprint density at radius 3 is 2.38 bits per heavy atom. The predicted octanol–water partition coefficient (Wildman–Crippen LogP) is 2.79. The van der Waals surface area contributed by atoms with Crippen molar-refractivity contribution in [1.29, 1.82) is 0 Å². The standard InChI is InChI=1S/C20H22FN5O2S/c1-14-3-10-18(11-4-14)29(27,28)26-17(13-20-22-24-25(2)23-20)9-12-19(26)15-5-7-16(21)8-6-15/h3-8,10-11,17,19H,9,12-13H2,1-2H3. The minimum Gasteiger partial charge on any atom is -0.207 e. The summed E-state index contributed by atoms with van der Waals surface area (Å²) in [5.41, 5.74) is 1.76. The Bertz CT molecular complexity index is 1100. The monoisotopic (exact) mass is 415 g/mol. The van der Waals surface area contributed by atoms with E-state index in [0.29, 0.717) is 25.1 Å². The van der Waals surface area contributed by atoms with Crippen molar-refractivity contribution in [3.8, 4) is 0 Å². The first kappa shape index (κ1) is 19.7. The molecule has 2 atom stereocenters. The predicted molar refractivity (Wildman–Crippen MR) is 105 cm³/mol. The number of halogens is 1. The van der Waals surface area contributed by atoms with Crippen LogP contribution in [0.25, 0.3) is 0 Å². The first-order valence-electron chi connectivity index (χ1n) is 9.43. The fourth-order valence-corrected chi connectivity index (χ4v) is 5.72. The van der Waals surface area contributed by atoms with Gasteiger partial charge in [0.2, 0.25) is 10.0 Å². The van der Waals surface area contributed by atoms with Crippen molar-refractivity contribution in [1.82, 2.24) is 24.5 Å². The molecule has 2 unspecified atom stereocenters. The number of hydrogen-bond acceptors (Lipinski definition) is 5. The van der Waals surface area contributed by atoms with Gasteiger partial charge in [-0.2, -0.15) is 9.10 Å². The smallest absolute Gasteiger partial charge is 0.207 e. The van der Waals surface area contributed by atoms with E-state index in [0.717, 1.165) is 11.1 Å². The summed E-state index contributed by atoms with van der Waals surface area (Å²) in [7, 11) is -2.09. The zero-order valence-electron chi connectivity index (χ0n) is 16.2. The lowest BCUT2D eigenvalue weighted by molar-refractivity contribution is 0.320. The van der Waals surface area contributed by atoms with Crippen molar-refractivity contribution >= 4 is 10.0 Å². The van der Waals surface area contributed by atoms with Gasteiger partial charge in [-0.3, -0.25) is 0 Å². The summed E-state index contributed by atoms with van der Waals surface area (Å²) in [5, 5.41) is 12.1. The van der Waals surface area contributed by atoms with Gasteiger partial charge in [0.25, 0.3) is 0 Å². The molecule has 0 spiro atoms. The minimum atomic E-state index is -3.77. The Kier molecular flexibility index (Phi) is 5.18. The molecule has 3 aromatic rings. The van der Waals surface area contributed by atoms with E-state index < -0.39 is 10.0 Å². The van der Waals surface area contributed by atoms with Crippen LogP contribution in [0.2, 0.25) is 0 Å². The molecule has 0 N–H and O–H groups in total. The van der Waals surface area contributed by atoms with Crippen LogP contribution in [0, 0.1) is 12.7 Å². The third-order valence-electron chi connectivity index (χ3n) is 5.26. The molecule has 1 aliphatic heterocycles. The molecule has 1 fully saturated rings. The summed E-state index contributed by atoms with van der Waals surface area (Å²) in [5.74, 6) is 0.154. The number of nitrogens with zero attached hydrogens (tertiary/aromatic N) is 5. The van der Waals surface area contributed by atoms with E-state index in [1.807, 2.05) is 6.92 Å². The van der Waals surface area contributed by atoms with Gasteiger partial charge in [-0.1, -0.05) is 29.8 Å². The second-order valence-electron chi connectivity index (χ2n) is 7.35. The normalized spacial score (nSPS) is 20.2. The number of rotatable bonds is 5. The molecule has 29 heavy (non-hydrogen) atoms. The molecule has 152 valence electrons. The van der Waals surface area contributed by atoms with E-state index in [4.69, 9.17) is 0 Å². The highest BCUT2D eigenvalue weighted by atomic mass is 32.2. The van der Waals surface area contributed by atoms with Crippen molar-refractivity contribution in [3.63, 3.8) is 0 Å². The summed E-state index contributed by atoms with van der Waals surface area (Å²) in [6.07, 6.45) is 1.67. The third kappa shape index (κ3) is 3.92. The molecule has 2 aromatic carbocycles. The molecular weight excluding hydrogens is 393 g/mol. The lowest BCUT2D eigenvalue weighted by Crippen LogP contribution is -2.38. The number of aromatic nitrogens is 4. The first-order valence-corrected chi connectivity index (χ1v) is 10.9. The molecule has 0 aliphatic carbocycles. The molecule has 1 aromatic heterocycles. The number of tetrazole rings is 1. The van der Waals surface area contributed by atoms with Crippen LogP contribution < -0.4 is 0 Å². The third-order valence-corrected chi connectivity index (χ3v) is 7.24. The molecule has 9 heteroatoms. The Hall–Kier alpha value is -2.65. The maximum atomic E-state index is 13.6. The van der Waals surface area contributed by atoms with Crippen LogP contribution in [0.5, 0.6) is 0 Å². The molecule has 0 bridgehead atoms. The zero-order valence-corrected chi connectivity index (χ0v) is 17.1. The van der Waals surface area contributed by atoms with Crippen molar-refractivity contribution in [3.05, 3.63) is 71.3 Å². The fourth-order valence-electron chi connectivity index (χ4n) is 3.86. The van der Waals surface area contributed by atoms with E-state index in [-0.39, 0.29) is 22.8 Å². The Morgan fingerprint density at radius 2 is 1.76 bits per heavy atom. The van der Waals surface area contributed by atoms with Crippen LogP contribution in [0.1, 0.15) is 35.8 Å². The van der Waals surface area contributed by atoms with E-state index in [1.165, 1.54) is 16.9 Å². The highest BCUT2D eigenvalue weighted by molar-refractivity contribution is 7.89. The molecule has 0 amide bonds. The molecule has 0 radical (unpaired) electrons. The van der Waals surface area contributed by atoms with Gasteiger partial charge in [-0.15, -0.1) is 10.2 Å². The van der Waals surface area contributed by atoms with Crippen LogP contribution in [0.4, 0.5) is 4.39 Å². The molecule has 7 nitrogen and oxygen atoms in total. The van der Waals surface area contributed by atoms with E-state index in [9.17, 15) is 12.8 Å². The zero-order chi connectivity index (χ0) is 20.6. The second-order valence-corrected chi connectivity index (χ2v) is 9.19. The van der Waals surface area contributed by atoms with Gasteiger partial charge in [-0.05, 0) is 54.8 Å². The molecule has 0 saturated carbocycles. The second kappa shape index (κ2) is 7.64. The molecular formula is C20H22FN5O2S. The maximum absolute atomic E-state index is 13.6. The number of sulfonamides is 1. The Labute approximate surface area is 169 Å². The van der Waals surface area contributed by atoms with Crippen LogP contribution in [-0.2, 0) is 23.5 Å². The first-order chi connectivity index (χ1) is 13.8. The summed E-state index contributed by atoms with van der Waals surface area (Å²) in [4.78, 5) is 1.61. The molecule has 2 heterocycles. The summed E-state index contributed by atoms with van der Waals surface area (Å²) in [6.45, 7) is 1.91. The van der Waals surface area contributed by atoms with Crippen molar-refractivity contribution in [2.75, 3.05) is 0 Å². The van der Waals surface area contributed by atoms with Crippen molar-refractivity contribution in [2.45, 2.75) is 43.2 Å². The SMILES string of the molecule is Cc1ccc(S(=O)(=O)N2C(Cc3nnn(C)n3)CCC2c2ccc(F)cc2)cc1. The number of aryl methyl sites for hydroxylation is 2. The van der Waals surface area contributed by atoms with Crippen LogP contribution in [0.3, 0.4) is 0 Å². The number of benzene rings is 2. The lowest BCUT2D eigenvalue weighted by Gasteiger charge is -2.29. The summed E-state index contributed by atoms with van der Waals surface area (Å²) < 4.78 is 42.1. The van der Waals surface area contributed by atoms with Crippen molar-refractivity contribution < 1.29 is 12.8 Å². The average molecular weight is 415 g/mol.